The number of hydrogen-bond acceptors (Lipinski definition) is 4. The van der Waals surface area contributed by atoms with Crippen LogP contribution in [0, 0.1) is 0 Å². The van der Waals surface area contributed by atoms with Crippen molar-refractivity contribution in [2.45, 2.75) is 19.0 Å². The fourth-order valence-electron chi connectivity index (χ4n) is 1.44. The van der Waals surface area contributed by atoms with Gasteiger partial charge < -0.3 is 14.6 Å². The molecule has 1 heterocycles. The summed E-state index contributed by atoms with van der Waals surface area (Å²) >= 11 is 0. The molecule has 0 bridgehead atoms. The molecule has 118 valence electrons. The second-order valence-corrected chi connectivity index (χ2v) is 3.60. The number of methoxy groups -OCH3 is 1. The molecule has 0 saturated heterocycles. The summed E-state index contributed by atoms with van der Waals surface area (Å²) in [6.07, 6.45) is -11.8. The van der Waals surface area contributed by atoms with E-state index < -0.39 is 47.7 Å². The van der Waals surface area contributed by atoms with Gasteiger partial charge >= 0.3 is 18.5 Å². The van der Waals surface area contributed by atoms with Crippen molar-refractivity contribution in [1.82, 2.24) is 4.98 Å². The molecule has 0 aliphatic carbocycles. The lowest BCUT2D eigenvalue weighted by Crippen LogP contribution is -2.22. The van der Waals surface area contributed by atoms with Crippen LogP contribution < -0.4 is 9.47 Å². The molecule has 1 aromatic heterocycles. The van der Waals surface area contributed by atoms with E-state index in [4.69, 9.17) is 5.11 Å². The van der Waals surface area contributed by atoms with Crippen molar-refractivity contribution in [2.75, 3.05) is 7.11 Å². The number of alkyl halides is 6. The molecular formula is C10H7F6NO4. The summed E-state index contributed by atoms with van der Waals surface area (Å²) in [7, 11) is 0.915. The molecule has 0 aromatic carbocycles. The number of nitrogens with zero attached hydrogens (tertiary/aromatic N) is 1. The Morgan fingerprint density at radius 2 is 1.86 bits per heavy atom. The highest BCUT2D eigenvalue weighted by Crippen LogP contribution is 2.42. The minimum atomic E-state index is -5.44. The van der Waals surface area contributed by atoms with Crippen molar-refractivity contribution < 1.29 is 45.7 Å². The predicted molar refractivity (Wildman–Crippen MR) is 53.8 cm³/mol. The number of pyridine rings is 1. The third-order valence-electron chi connectivity index (χ3n) is 2.13. The normalized spacial score (nSPS) is 12.1. The molecule has 1 N–H and O–H groups in total. The summed E-state index contributed by atoms with van der Waals surface area (Å²) in [5, 5.41) is 8.60. The zero-order chi connectivity index (χ0) is 16.4. The Morgan fingerprint density at radius 1 is 1.29 bits per heavy atom. The lowest BCUT2D eigenvalue weighted by Gasteiger charge is -2.19. The maximum Gasteiger partial charge on any atom is 0.573 e. The maximum absolute atomic E-state index is 12.7. The van der Waals surface area contributed by atoms with Crippen molar-refractivity contribution in [3.8, 4) is 11.6 Å². The molecule has 0 atom stereocenters. The molecule has 1 rings (SSSR count). The molecule has 0 unspecified atom stereocenters. The third kappa shape index (κ3) is 4.39. The largest absolute Gasteiger partial charge is 0.573 e. The van der Waals surface area contributed by atoms with E-state index in [-0.39, 0.29) is 6.20 Å². The SMILES string of the molecule is COc1ncc(C(F)(F)F)c(OC(F)(F)F)c1CC(=O)O. The number of ether oxygens (including phenoxy) is 2. The van der Waals surface area contributed by atoms with Gasteiger partial charge in [-0.3, -0.25) is 4.79 Å². The van der Waals surface area contributed by atoms with Crippen LogP contribution in [-0.2, 0) is 17.4 Å². The Hall–Kier alpha value is -2.20. The van der Waals surface area contributed by atoms with Gasteiger partial charge in [0.15, 0.2) is 5.75 Å². The Labute approximate surface area is 113 Å². The summed E-state index contributed by atoms with van der Waals surface area (Å²) in [4.78, 5) is 13.8. The minimum absolute atomic E-state index is 0.0747. The summed E-state index contributed by atoms with van der Waals surface area (Å²) in [6.45, 7) is 0. The number of carboxylic acid groups (broad SMARTS) is 1. The van der Waals surface area contributed by atoms with E-state index in [2.05, 4.69) is 14.5 Å². The number of carbonyl (C=O) groups is 1. The van der Waals surface area contributed by atoms with Gasteiger partial charge in [-0.1, -0.05) is 0 Å². The molecule has 0 aliphatic rings. The first kappa shape index (κ1) is 16.9. The topological polar surface area (TPSA) is 68.7 Å². The summed E-state index contributed by atoms with van der Waals surface area (Å²) < 4.78 is 82.7. The molecule has 21 heavy (non-hydrogen) atoms. The smallest absolute Gasteiger partial charge is 0.481 e. The molecule has 0 amide bonds. The van der Waals surface area contributed by atoms with Crippen LogP contribution in [0.1, 0.15) is 11.1 Å². The van der Waals surface area contributed by atoms with Crippen molar-refractivity contribution >= 4 is 5.97 Å². The predicted octanol–water partition coefficient (Wildman–Crippen LogP) is 2.63. The molecule has 0 aliphatic heterocycles. The fraction of sp³-hybridized carbons (Fsp3) is 0.400. The standard InChI is InChI=1S/C10H7F6NO4/c1-20-8-4(2-6(18)19)7(21-10(14,15)16)5(3-17-8)9(11,12)13/h3H,2H2,1H3,(H,18,19). The van der Waals surface area contributed by atoms with E-state index in [1.807, 2.05) is 0 Å². The molecular weight excluding hydrogens is 312 g/mol. The average molecular weight is 319 g/mol. The van der Waals surface area contributed by atoms with Gasteiger partial charge in [-0.05, 0) is 0 Å². The van der Waals surface area contributed by atoms with Crippen LogP contribution >= 0.6 is 0 Å². The Kier molecular flexibility index (Phi) is 4.54. The zero-order valence-corrected chi connectivity index (χ0v) is 10.2. The van der Waals surface area contributed by atoms with Gasteiger partial charge in [-0.15, -0.1) is 13.2 Å². The summed E-state index contributed by atoms with van der Waals surface area (Å²) in [5.74, 6) is -4.07. The lowest BCUT2D eigenvalue weighted by molar-refractivity contribution is -0.276. The number of hydrogen-bond donors (Lipinski definition) is 1. The molecule has 0 radical (unpaired) electrons. The van der Waals surface area contributed by atoms with Crippen molar-refractivity contribution in [3.05, 3.63) is 17.3 Å². The average Bonchev–Trinajstić information content (AvgIpc) is 2.27. The van der Waals surface area contributed by atoms with Crippen LogP contribution in [0.5, 0.6) is 11.6 Å². The Morgan fingerprint density at radius 3 is 2.24 bits per heavy atom. The van der Waals surface area contributed by atoms with E-state index in [0.717, 1.165) is 7.11 Å². The van der Waals surface area contributed by atoms with E-state index in [1.54, 1.807) is 0 Å². The van der Waals surface area contributed by atoms with Crippen molar-refractivity contribution in [1.29, 1.82) is 0 Å². The van der Waals surface area contributed by atoms with Gasteiger partial charge in [0.1, 0.15) is 5.56 Å². The monoisotopic (exact) mass is 319 g/mol. The molecule has 5 nitrogen and oxygen atoms in total. The molecule has 0 saturated carbocycles. The Bertz CT molecular complexity index is 540. The highest BCUT2D eigenvalue weighted by Gasteiger charge is 2.42. The van der Waals surface area contributed by atoms with Crippen LogP contribution in [0.25, 0.3) is 0 Å². The van der Waals surface area contributed by atoms with Gasteiger partial charge in [0.05, 0.1) is 19.1 Å². The van der Waals surface area contributed by atoms with E-state index in [9.17, 15) is 31.1 Å². The van der Waals surface area contributed by atoms with Crippen LogP contribution in [0.2, 0.25) is 0 Å². The zero-order valence-electron chi connectivity index (χ0n) is 10.2. The molecule has 1 aromatic rings. The van der Waals surface area contributed by atoms with Crippen LogP contribution in [-0.4, -0.2) is 29.5 Å². The molecule has 11 heteroatoms. The van der Waals surface area contributed by atoms with E-state index >= 15 is 0 Å². The summed E-state index contributed by atoms with van der Waals surface area (Å²) in [6, 6.07) is 0. The fourth-order valence-corrected chi connectivity index (χ4v) is 1.44. The first-order valence-electron chi connectivity index (χ1n) is 5.06. The van der Waals surface area contributed by atoms with Gasteiger partial charge in [0.25, 0.3) is 0 Å². The Balaban J connectivity index is 3.57. The van der Waals surface area contributed by atoms with Crippen molar-refractivity contribution in [3.63, 3.8) is 0 Å². The minimum Gasteiger partial charge on any atom is -0.481 e. The highest BCUT2D eigenvalue weighted by atomic mass is 19.4. The van der Waals surface area contributed by atoms with Crippen LogP contribution in [0.4, 0.5) is 26.3 Å². The maximum atomic E-state index is 12.7. The van der Waals surface area contributed by atoms with E-state index in [1.165, 1.54) is 0 Å². The third-order valence-corrected chi connectivity index (χ3v) is 2.13. The molecule has 0 spiro atoms. The first-order chi connectivity index (χ1) is 9.45. The van der Waals surface area contributed by atoms with Gasteiger partial charge in [0, 0.05) is 6.20 Å². The van der Waals surface area contributed by atoms with Gasteiger partial charge in [-0.2, -0.15) is 13.2 Å². The first-order valence-corrected chi connectivity index (χ1v) is 5.06. The highest BCUT2D eigenvalue weighted by molar-refractivity contribution is 5.73. The van der Waals surface area contributed by atoms with Gasteiger partial charge in [0.2, 0.25) is 5.88 Å². The van der Waals surface area contributed by atoms with Crippen LogP contribution in [0.15, 0.2) is 6.20 Å². The van der Waals surface area contributed by atoms with Crippen LogP contribution in [0.3, 0.4) is 0 Å². The quantitative estimate of drug-likeness (QED) is 0.864. The lowest BCUT2D eigenvalue weighted by atomic mass is 10.1. The number of halogens is 6. The van der Waals surface area contributed by atoms with Gasteiger partial charge in [-0.25, -0.2) is 4.98 Å². The number of carboxylic acids is 1. The molecule has 0 fully saturated rings. The number of aliphatic carboxylic acids is 1. The second kappa shape index (κ2) is 5.66. The second-order valence-electron chi connectivity index (χ2n) is 3.60. The van der Waals surface area contributed by atoms with E-state index in [0.29, 0.717) is 0 Å². The number of aromatic nitrogens is 1. The van der Waals surface area contributed by atoms with Crippen molar-refractivity contribution in [2.24, 2.45) is 0 Å². The number of rotatable bonds is 4. The summed E-state index contributed by atoms with van der Waals surface area (Å²) in [5.41, 5.74) is -2.81.